The first-order chi connectivity index (χ1) is 9.15. The molecule has 1 aromatic rings. The van der Waals surface area contributed by atoms with Crippen molar-refractivity contribution in [3.8, 4) is 0 Å². The molecule has 1 saturated carbocycles. The van der Waals surface area contributed by atoms with Crippen LogP contribution in [0.2, 0.25) is 0 Å². The summed E-state index contributed by atoms with van der Waals surface area (Å²) >= 11 is 0. The van der Waals surface area contributed by atoms with Crippen molar-refractivity contribution in [3.05, 3.63) is 35.2 Å². The highest BCUT2D eigenvalue weighted by Gasteiger charge is 2.33. The summed E-state index contributed by atoms with van der Waals surface area (Å²) in [5.74, 6) is 0.687. The number of carbonyl (C=O) groups excluding carboxylic acids is 1. The normalized spacial score (nSPS) is 19.3. The molecule has 1 aromatic heterocycles. The number of amides is 1. The Hall–Kier alpha value is -1.64. The zero-order valence-electron chi connectivity index (χ0n) is 11.6. The molecule has 0 unspecified atom stereocenters. The quantitative estimate of drug-likeness (QED) is 0.815. The van der Waals surface area contributed by atoms with Crippen molar-refractivity contribution in [1.29, 1.82) is 0 Å². The second-order valence-corrected chi connectivity index (χ2v) is 5.66. The molecule has 1 fully saturated rings. The SMILES string of the molecule is Cc1cc(C2=CCN(C(=O)C3CC3)CC2)cnc1C. The molecule has 3 heteroatoms. The smallest absolute Gasteiger partial charge is 0.225 e. The summed E-state index contributed by atoms with van der Waals surface area (Å²) in [6.45, 7) is 5.74. The molecular weight excluding hydrogens is 236 g/mol. The van der Waals surface area contributed by atoms with E-state index in [2.05, 4.69) is 24.1 Å². The van der Waals surface area contributed by atoms with Gasteiger partial charge in [0, 0.05) is 30.9 Å². The monoisotopic (exact) mass is 256 g/mol. The fourth-order valence-corrected chi connectivity index (χ4v) is 2.54. The number of rotatable bonds is 2. The predicted octanol–water partition coefficient (Wildman–Crippen LogP) is 2.72. The second kappa shape index (κ2) is 4.80. The van der Waals surface area contributed by atoms with Gasteiger partial charge < -0.3 is 4.90 Å². The van der Waals surface area contributed by atoms with E-state index >= 15 is 0 Å². The van der Waals surface area contributed by atoms with Crippen LogP contribution in [0, 0.1) is 19.8 Å². The molecule has 3 rings (SSSR count). The Balaban J connectivity index is 1.73. The number of nitrogens with zero attached hydrogens (tertiary/aromatic N) is 2. The molecule has 2 heterocycles. The molecule has 2 aliphatic rings. The third-order valence-electron chi connectivity index (χ3n) is 4.16. The molecular formula is C16H20N2O. The van der Waals surface area contributed by atoms with Crippen molar-refractivity contribution in [1.82, 2.24) is 9.88 Å². The van der Waals surface area contributed by atoms with E-state index in [-0.39, 0.29) is 0 Å². The van der Waals surface area contributed by atoms with E-state index in [1.54, 1.807) is 0 Å². The van der Waals surface area contributed by atoms with Gasteiger partial charge in [-0.1, -0.05) is 6.08 Å². The first-order valence-electron chi connectivity index (χ1n) is 7.06. The van der Waals surface area contributed by atoms with Crippen LogP contribution in [0.25, 0.3) is 5.57 Å². The Morgan fingerprint density at radius 1 is 1.37 bits per heavy atom. The average molecular weight is 256 g/mol. The second-order valence-electron chi connectivity index (χ2n) is 5.66. The maximum absolute atomic E-state index is 12.0. The lowest BCUT2D eigenvalue weighted by Crippen LogP contribution is -2.35. The van der Waals surface area contributed by atoms with Crippen LogP contribution in [0.5, 0.6) is 0 Å². The fraction of sp³-hybridized carbons (Fsp3) is 0.500. The van der Waals surface area contributed by atoms with Gasteiger partial charge in [-0.05, 0) is 55.9 Å². The average Bonchev–Trinajstić information content (AvgIpc) is 3.26. The van der Waals surface area contributed by atoms with Gasteiger partial charge in [0.1, 0.15) is 0 Å². The van der Waals surface area contributed by atoms with Crippen molar-refractivity contribution >= 4 is 11.5 Å². The molecule has 0 radical (unpaired) electrons. The Labute approximate surface area is 114 Å². The fourth-order valence-electron chi connectivity index (χ4n) is 2.54. The molecule has 0 aromatic carbocycles. The number of pyridine rings is 1. The number of aromatic nitrogens is 1. The minimum Gasteiger partial charge on any atom is -0.338 e. The standard InChI is InChI=1S/C16H20N2O/c1-11-9-15(10-17-12(11)2)13-5-7-18(8-6-13)16(19)14-3-4-14/h5,9-10,14H,3-4,6-8H2,1-2H3. The van der Waals surface area contributed by atoms with Gasteiger partial charge in [-0.25, -0.2) is 0 Å². The lowest BCUT2D eigenvalue weighted by Gasteiger charge is -2.26. The molecule has 1 aliphatic carbocycles. The zero-order valence-corrected chi connectivity index (χ0v) is 11.6. The number of hydrogen-bond acceptors (Lipinski definition) is 2. The lowest BCUT2D eigenvalue weighted by atomic mass is 9.99. The molecule has 19 heavy (non-hydrogen) atoms. The highest BCUT2D eigenvalue weighted by Crippen LogP contribution is 2.32. The van der Waals surface area contributed by atoms with Crippen LogP contribution in [-0.2, 0) is 4.79 Å². The topological polar surface area (TPSA) is 33.2 Å². The van der Waals surface area contributed by atoms with E-state index in [0.717, 1.165) is 38.0 Å². The van der Waals surface area contributed by atoms with Gasteiger partial charge >= 0.3 is 0 Å². The summed E-state index contributed by atoms with van der Waals surface area (Å²) in [6, 6.07) is 2.20. The van der Waals surface area contributed by atoms with Crippen molar-refractivity contribution in [3.63, 3.8) is 0 Å². The molecule has 0 N–H and O–H groups in total. The zero-order chi connectivity index (χ0) is 13.4. The molecule has 100 valence electrons. The van der Waals surface area contributed by atoms with Gasteiger partial charge in [0.2, 0.25) is 5.91 Å². The molecule has 3 nitrogen and oxygen atoms in total. The molecule has 0 atom stereocenters. The third-order valence-corrected chi connectivity index (χ3v) is 4.16. The van der Waals surface area contributed by atoms with Crippen LogP contribution < -0.4 is 0 Å². The molecule has 0 bridgehead atoms. The van der Waals surface area contributed by atoms with Gasteiger partial charge in [0.15, 0.2) is 0 Å². The van der Waals surface area contributed by atoms with E-state index in [4.69, 9.17) is 0 Å². The van der Waals surface area contributed by atoms with Crippen molar-refractivity contribution < 1.29 is 4.79 Å². The van der Waals surface area contributed by atoms with Crippen LogP contribution in [0.4, 0.5) is 0 Å². The van der Waals surface area contributed by atoms with Gasteiger partial charge in [-0.15, -0.1) is 0 Å². The first kappa shape index (κ1) is 12.4. The minimum atomic E-state index is 0.332. The Morgan fingerprint density at radius 3 is 2.74 bits per heavy atom. The number of hydrogen-bond donors (Lipinski definition) is 0. The maximum atomic E-state index is 12.0. The summed E-state index contributed by atoms with van der Waals surface area (Å²) in [4.78, 5) is 18.4. The van der Waals surface area contributed by atoms with Crippen LogP contribution in [0.15, 0.2) is 18.3 Å². The summed E-state index contributed by atoms with van der Waals surface area (Å²) < 4.78 is 0. The Kier molecular flexibility index (Phi) is 3.13. The molecule has 0 spiro atoms. The van der Waals surface area contributed by atoms with Crippen molar-refractivity contribution in [2.45, 2.75) is 33.1 Å². The van der Waals surface area contributed by atoms with Gasteiger partial charge in [-0.3, -0.25) is 9.78 Å². The maximum Gasteiger partial charge on any atom is 0.225 e. The van der Waals surface area contributed by atoms with Crippen LogP contribution in [0.1, 0.15) is 36.1 Å². The van der Waals surface area contributed by atoms with E-state index in [1.807, 2.05) is 18.0 Å². The van der Waals surface area contributed by atoms with Gasteiger partial charge in [0.05, 0.1) is 0 Å². The summed E-state index contributed by atoms with van der Waals surface area (Å²) in [7, 11) is 0. The van der Waals surface area contributed by atoms with Crippen molar-refractivity contribution in [2.24, 2.45) is 5.92 Å². The minimum absolute atomic E-state index is 0.332. The van der Waals surface area contributed by atoms with E-state index in [0.29, 0.717) is 11.8 Å². The lowest BCUT2D eigenvalue weighted by molar-refractivity contribution is -0.132. The van der Waals surface area contributed by atoms with Gasteiger partial charge in [0.25, 0.3) is 0 Å². The van der Waals surface area contributed by atoms with E-state index in [1.165, 1.54) is 16.7 Å². The Bertz CT molecular complexity index is 544. The predicted molar refractivity (Wildman–Crippen MR) is 75.6 cm³/mol. The molecule has 1 aliphatic heterocycles. The van der Waals surface area contributed by atoms with Gasteiger partial charge in [-0.2, -0.15) is 0 Å². The van der Waals surface area contributed by atoms with Crippen LogP contribution in [0.3, 0.4) is 0 Å². The molecule has 0 saturated heterocycles. The molecule has 1 amide bonds. The highest BCUT2D eigenvalue weighted by atomic mass is 16.2. The first-order valence-corrected chi connectivity index (χ1v) is 7.06. The van der Waals surface area contributed by atoms with Crippen LogP contribution >= 0.6 is 0 Å². The summed E-state index contributed by atoms with van der Waals surface area (Å²) in [6.07, 6.45) is 7.27. The largest absolute Gasteiger partial charge is 0.338 e. The highest BCUT2D eigenvalue weighted by molar-refractivity contribution is 5.82. The van der Waals surface area contributed by atoms with E-state index < -0.39 is 0 Å². The third kappa shape index (κ3) is 2.55. The van der Waals surface area contributed by atoms with Crippen LogP contribution in [-0.4, -0.2) is 28.9 Å². The number of carbonyl (C=O) groups is 1. The van der Waals surface area contributed by atoms with Crippen molar-refractivity contribution in [2.75, 3.05) is 13.1 Å². The number of aryl methyl sites for hydroxylation is 2. The van der Waals surface area contributed by atoms with E-state index in [9.17, 15) is 4.79 Å². The summed E-state index contributed by atoms with van der Waals surface area (Å²) in [5.41, 5.74) is 4.86. The summed E-state index contributed by atoms with van der Waals surface area (Å²) in [5, 5.41) is 0. The Morgan fingerprint density at radius 2 is 2.16 bits per heavy atom.